The second kappa shape index (κ2) is 10.7. The van der Waals surface area contributed by atoms with Gasteiger partial charge in [-0.2, -0.15) is 0 Å². The first-order valence-corrected chi connectivity index (χ1v) is 16.1. The van der Waals surface area contributed by atoms with Crippen molar-refractivity contribution in [2.75, 3.05) is 48.1 Å². The van der Waals surface area contributed by atoms with Gasteiger partial charge in [0.1, 0.15) is 11.7 Å². The van der Waals surface area contributed by atoms with Crippen LogP contribution in [0.4, 0.5) is 0 Å². The van der Waals surface area contributed by atoms with E-state index in [0.717, 1.165) is 13.0 Å². The van der Waals surface area contributed by atoms with Crippen molar-refractivity contribution in [3.8, 4) is 0 Å². The molecule has 5 aliphatic carbocycles. The summed E-state index contributed by atoms with van der Waals surface area (Å²) >= 11 is 0. The number of aliphatic hydroxyl groups excluding tert-OH is 1. The monoisotopic (exact) mass is 613 g/mol. The fraction of sp³-hybridized carbons (Fsp3) is 0.765. The van der Waals surface area contributed by atoms with Crippen molar-refractivity contribution in [2.24, 2.45) is 40.4 Å². The minimum Gasteiger partial charge on any atom is -0.458 e. The number of aliphatic hydroxyl groups is 1. The second-order valence-corrected chi connectivity index (χ2v) is 14.1. The minimum atomic E-state index is -1.01. The summed E-state index contributed by atoms with van der Waals surface area (Å²) in [6.07, 6.45) is -0.424. The summed E-state index contributed by atoms with van der Waals surface area (Å²) < 4.78 is 38.3. The number of hydrogen-bond donors (Lipinski definition) is 1. The predicted octanol–water partition coefficient (Wildman–Crippen LogP) is 2.56. The van der Waals surface area contributed by atoms with Crippen molar-refractivity contribution < 1.29 is 43.1 Å². The molecule has 242 valence electrons. The van der Waals surface area contributed by atoms with Crippen LogP contribution in [-0.4, -0.2) is 112 Å². The Bertz CT molecular complexity index is 1280. The summed E-state index contributed by atoms with van der Waals surface area (Å²) in [7, 11) is 6.88. The summed E-state index contributed by atoms with van der Waals surface area (Å²) in [4.78, 5) is 29.4. The highest BCUT2D eigenvalue weighted by atomic mass is 16.6. The van der Waals surface area contributed by atoms with E-state index in [0.29, 0.717) is 31.6 Å². The predicted molar refractivity (Wildman–Crippen MR) is 158 cm³/mol. The summed E-state index contributed by atoms with van der Waals surface area (Å²) in [5, 5.41) is 12.0. The zero-order valence-electron chi connectivity index (χ0n) is 26.6. The van der Waals surface area contributed by atoms with Crippen molar-refractivity contribution >= 4 is 11.9 Å². The molecule has 6 fully saturated rings. The van der Waals surface area contributed by atoms with Crippen molar-refractivity contribution in [2.45, 2.75) is 75.3 Å². The van der Waals surface area contributed by atoms with Crippen LogP contribution < -0.4 is 0 Å². The van der Waals surface area contributed by atoms with Gasteiger partial charge in [0.05, 0.1) is 36.6 Å². The van der Waals surface area contributed by atoms with E-state index in [4.69, 9.17) is 28.4 Å². The highest BCUT2D eigenvalue weighted by Crippen LogP contribution is 2.80. The lowest BCUT2D eigenvalue weighted by Gasteiger charge is -2.70. The molecule has 10 nitrogen and oxygen atoms in total. The molecule has 1 aromatic rings. The number of hydrogen-bond acceptors (Lipinski definition) is 10. The van der Waals surface area contributed by atoms with E-state index in [9.17, 15) is 14.7 Å². The lowest BCUT2D eigenvalue weighted by atomic mass is 9.42. The molecule has 1 saturated heterocycles. The molecule has 1 N–H and O–H groups in total. The van der Waals surface area contributed by atoms with Gasteiger partial charge in [-0.3, -0.25) is 9.69 Å². The Hall–Kier alpha value is -2.08. The van der Waals surface area contributed by atoms with E-state index >= 15 is 0 Å². The van der Waals surface area contributed by atoms with Crippen LogP contribution in [0.15, 0.2) is 30.3 Å². The molecule has 0 amide bonds. The van der Waals surface area contributed by atoms with Crippen molar-refractivity contribution in [3.63, 3.8) is 0 Å². The molecule has 7 bridgehead atoms. The smallest absolute Gasteiger partial charge is 0.338 e. The third-order valence-corrected chi connectivity index (χ3v) is 13.0. The second-order valence-electron chi connectivity index (χ2n) is 14.1. The molecule has 1 spiro atoms. The number of piperidine rings is 1. The number of carbonyl (C=O) groups is 2. The summed E-state index contributed by atoms with van der Waals surface area (Å²) in [6, 6.07) is 9.02. The van der Waals surface area contributed by atoms with E-state index in [1.165, 1.54) is 6.92 Å². The molecule has 44 heavy (non-hydrogen) atoms. The Morgan fingerprint density at radius 3 is 2.36 bits per heavy atom. The molecule has 3 unspecified atom stereocenters. The molecule has 10 heteroatoms. The third kappa shape index (κ3) is 3.64. The van der Waals surface area contributed by atoms with Crippen LogP contribution in [0.1, 0.15) is 43.5 Å². The molecular formula is C34H47NO9. The van der Waals surface area contributed by atoms with Gasteiger partial charge in [-0.15, -0.1) is 0 Å². The number of benzene rings is 1. The van der Waals surface area contributed by atoms with E-state index in [2.05, 4.69) is 11.8 Å². The first kappa shape index (κ1) is 30.6. The van der Waals surface area contributed by atoms with E-state index in [1.807, 2.05) is 18.2 Å². The average molecular weight is 614 g/mol. The highest BCUT2D eigenvalue weighted by Gasteiger charge is 2.89. The average Bonchev–Trinajstić information content (AvgIpc) is 3.44. The maximum Gasteiger partial charge on any atom is 0.338 e. The Morgan fingerprint density at radius 2 is 1.75 bits per heavy atom. The zero-order chi connectivity index (χ0) is 31.2. The number of esters is 2. The number of methoxy groups -OCH3 is 4. The van der Waals surface area contributed by atoms with Crippen LogP contribution in [0.25, 0.3) is 0 Å². The van der Waals surface area contributed by atoms with Gasteiger partial charge in [0.25, 0.3) is 0 Å². The Kier molecular flexibility index (Phi) is 7.46. The minimum absolute atomic E-state index is 0.0367. The molecular weight excluding hydrogens is 566 g/mol. The maximum absolute atomic E-state index is 13.7. The molecule has 6 aliphatic rings. The number of likely N-dealkylation sites (tertiary alicyclic amines) is 1. The lowest BCUT2D eigenvalue weighted by Crippen LogP contribution is -2.79. The van der Waals surface area contributed by atoms with Gasteiger partial charge in [0.2, 0.25) is 0 Å². The number of ether oxygens (including phenoxy) is 6. The molecule has 0 radical (unpaired) electrons. The Labute approximate surface area is 259 Å². The lowest BCUT2D eigenvalue weighted by molar-refractivity contribution is -0.297. The molecule has 0 aromatic heterocycles. The molecule has 14 atom stereocenters. The van der Waals surface area contributed by atoms with Crippen molar-refractivity contribution in [1.82, 2.24) is 4.90 Å². The molecule has 7 rings (SSSR count). The third-order valence-electron chi connectivity index (χ3n) is 13.0. The van der Waals surface area contributed by atoms with Gasteiger partial charge in [-0.05, 0) is 31.0 Å². The summed E-state index contributed by atoms with van der Waals surface area (Å²) in [6.45, 7) is 5.40. The molecule has 1 aliphatic heterocycles. The molecule has 1 aromatic carbocycles. The van der Waals surface area contributed by atoms with E-state index in [1.54, 1.807) is 40.6 Å². The van der Waals surface area contributed by atoms with Gasteiger partial charge < -0.3 is 33.5 Å². The Balaban J connectivity index is 1.48. The van der Waals surface area contributed by atoms with Gasteiger partial charge in [-0.1, -0.05) is 25.1 Å². The van der Waals surface area contributed by atoms with Gasteiger partial charge in [-0.25, -0.2) is 4.79 Å². The van der Waals surface area contributed by atoms with Crippen LogP contribution in [0.3, 0.4) is 0 Å². The van der Waals surface area contributed by atoms with Gasteiger partial charge in [0.15, 0.2) is 0 Å². The normalized spacial score (nSPS) is 48.2. The van der Waals surface area contributed by atoms with Gasteiger partial charge >= 0.3 is 11.9 Å². The van der Waals surface area contributed by atoms with Crippen LogP contribution in [-0.2, 0) is 33.2 Å². The fourth-order valence-corrected chi connectivity index (χ4v) is 12.2. The first-order valence-electron chi connectivity index (χ1n) is 16.1. The fourth-order valence-electron chi connectivity index (χ4n) is 12.2. The first-order chi connectivity index (χ1) is 21.2. The van der Waals surface area contributed by atoms with Crippen LogP contribution in [0, 0.1) is 40.4 Å². The summed E-state index contributed by atoms with van der Waals surface area (Å²) in [5.74, 6) is -1.57. The van der Waals surface area contributed by atoms with E-state index < -0.39 is 28.6 Å². The zero-order valence-corrected chi connectivity index (χ0v) is 26.6. The Morgan fingerprint density at radius 1 is 1.00 bits per heavy atom. The van der Waals surface area contributed by atoms with Crippen LogP contribution in [0.5, 0.6) is 0 Å². The number of fused-ring (bicyclic) bond motifs is 2. The SMILES string of the molecule is CCN1C[C@@]2(COC)C3[C@@H](OC)[C@H]4[C@@H]1[C@@]3(C1C[C@H]3[C@H](OC(=O)c5ccccc5)C1[C@]4(OC(C)=O)C[C@H]3OC)[C@@H](OC)C[C@H]2O. The van der Waals surface area contributed by atoms with Crippen LogP contribution >= 0.6 is 0 Å². The number of carbonyl (C=O) groups excluding carboxylic acids is 2. The standard InChI is InChI=1S/C34H47NO9/c1-7-35-16-32(17-39-3)23(37)14-24(41-5)34-21-13-20-22(40-4)15-33(44-18(2)36,26(30(34)35)28(42-6)29(32)34)25(21)27(20)43-31(38)19-11-9-8-10-12-19/h8-12,20-30,37H,7,13-17H2,1-6H3/t20-,21?,22-,23-,24+,25?,26+,27+,28+,29?,30-,32+,33-,34+/m1/s1. The molecule has 1 heterocycles. The van der Waals surface area contributed by atoms with E-state index in [-0.39, 0.29) is 65.9 Å². The largest absolute Gasteiger partial charge is 0.458 e. The quantitative estimate of drug-likeness (QED) is 0.417. The number of nitrogens with zero attached hydrogens (tertiary/aromatic N) is 1. The summed E-state index contributed by atoms with van der Waals surface area (Å²) in [5.41, 5.74) is -1.61. The highest BCUT2D eigenvalue weighted by molar-refractivity contribution is 5.89. The van der Waals surface area contributed by atoms with Gasteiger partial charge in [0, 0.05) is 95.3 Å². The van der Waals surface area contributed by atoms with Crippen molar-refractivity contribution in [1.29, 1.82) is 0 Å². The topological polar surface area (TPSA) is 113 Å². The molecule has 5 saturated carbocycles. The maximum atomic E-state index is 13.7. The number of rotatable bonds is 9. The van der Waals surface area contributed by atoms with Crippen LogP contribution in [0.2, 0.25) is 0 Å². The van der Waals surface area contributed by atoms with Crippen molar-refractivity contribution in [3.05, 3.63) is 35.9 Å².